The average Bonchev–Trinajstić information content (AvgIpc) is 2.47. The number of nitrogens with two attached hydrogens (primary N) is 1. The molecule has 0 bridgehead atoms. The maximum Gasteiger partial charge on any atom is 0.0378 e. The monoisotopic (exact) mass is 283 g/mol. The number of aromatic nitrogens is 1. The highest BCUT2D eigenvalue weighted by Gasteiger charge is 2.12. The molecule has 0 saturated heterocycles. The molecule has 0 amide bonds. The Morgan fingerprint density at radius 1 is 1.24 bits per heavy atom. The van der Waals surface area contributed by atoms with Gasteiger partial charge in [-0.2, -0.15) is 0 Å². The third-order valence-corrected chi connectivity index (χ3v) is 3.66. The largest absolute Gasteiger partial charge is 0.398 e. The number of rotatable bonds is 7. The summed E-state index contributed by atoms with van der Waals surface area (Å²) >= 11 is 0. The summed E-state index contributed by atoms with van der Waals surface area (Å²) in [7, 11) is 0. The van der Waals surface area contributed by atoms with Crippen LogP contribution < -0.4 is 11.1 Å². The van der Waals surface area contributed by atoms with Crippen molar-refractivity contribution in [3.8, 4) is 0 Å². The van der Waals surface area contributed by atoms with Crippen LogP contribution in [0.2, 0.25) is 0 Å². The van der Waals surface area contributed by atoms with Crippen molar-refractivity contribution in [3.05, 3.63) is 59.4 Å². The molecular weight excluding hydrogens is 258 g/mol. The van der Waals surface area contributed by atoms with Gasteiger partial charge in [0, 0.05) is 24.1 Å². The van der Waals surface area contributed by atoms with E-state index in [4.69, 9.17) is 5.73 Å². The molecule has 1 aromatic heterocycles. The van der Waals surface area contributed by atoms with Crippen LogP contribution in [0.3, 0.4) is 0 Å². The van der Waals surface area contributed by atoms with Gasteiger partial charge in [-0.05, 0) is 49.9 Å². The predicted octanol–water partition coefficient (Wildman–Crippen LogP) is 3.13. The highest BCUT2D eigenvalue weighted by molar-refractivity contribution is 5.44. The standard InChI is InChI=1S/C18H25N3/c1-3-8-21-17(11-15-6-4-5-14(2)10-15)12-16-13-20-9-7-18(16)19/h4-7,9-10,13,17,21H,3,8,11-12H2,1-2H3,(H2,19,20). The van der Waals surface area contributed by atoms with Crippen LogP contribution in [0, 0.1) is 6.92 Å². The lowest BCUT2D eigenvalue weighted by Crippen LogP contribution is -2.34. The van der Waals surface area contributed by atoms with E-state index in [1.807, 2.05) is 12.3 Å². The zero-order valence-corrected chi connectivity index (χ0v) is 13.0. The molecule has 0 fully saturated rings. The summed E-state index contributed by atoms with van der Waals surface area (Å²) in [6, 6.07) is 11.0. The van der Waals surface area contributed by atoms with Crippen molar-refractivity contribution >= 4 is 5.69 Å². The van der Waals surface area contributed by atoms with Gasteiger partial charge < -0.3 is 11.1 Å². The van der Waals surface area contributed by atoms with Crippen LogP contribution in [0.1, 0.15) is 30.0 Å². The Balaban J connectivity index is 2.09. The average molecular weight is 283 g/mol. The second-order valence-electron chi connectivity index (χ2n) is 5.62. The fourth-order valence-electron chi connectivity index (χ4n) is 2.56. The van der Waals surface area contributed by atoms with Gasteiger partial charge in [-0.25, -0.2) is 0 Å². The molecule has 2 aromatic rings. The Morgan fingerprint density at radius 2 is 2.10 bits per heavy atom. The summed E-state index contributed by atoms with van der Waals surface area (Å²) in [5, 5.41) is 3.63. The van der Waals surface area contributed by atoms with E-state index in [-0.39, 0.29) is 0 Å². The summed E-state index contributed by atoms with van der Waals surface area (Å²) < 4.78 is 0. The fourth-order valence-corrected chi connectivity index (χ4v) is 2.56. The molecule has 21 heavy (non-hydrogen) atoms. The minimum atomic E-state index is 0.387. The lowest BCUT2D eigenvalue weighted by atomic mass is 9.98. The third-order valence-electron chi connectivity index (χ3n) is 3.66. The summed E-state index contributed by atoms with van der Waals surface area (Å²) in [6.07, 6.45) is 6.68. The topological polar surface area (TPSA) is 50.9 Å². The van der Waals surface area contributed by atoms with Crippen molar-refractivity contribution in [2.75, 3.05) is 12.3 Å². The van der Waals surface area contributed by atoms with Crippen molar-refractivity contribution < 1.29 is 0 Å². The van der Waals surface area contributed by atoms with Crippen LogP contribution in [0.4, 0.5) is 5.69 Å². The third kappa shape index (κ3) is 4.87. The molecule has 1 unspecified atom stereocenters. The molecule has 112 valence electrons. The molecule has 0 aliphatic heterocycles. The summed E-state index contributed by atoms with van der Waals surface area (Å²) in [5.74, 6) is 0. The lowest BCUT2D eigenvalue weighted by Gasteiger charge is -2.19. The predicted molar refractivity (Wildman–Crippen MR) is 89.3 cm³/mol. The van der Waals surface area contributed by atoms with Gasteiger partial charge in [0.15, 0.2) is 0 Å². The van der Waals surface area contributed by atoms with Gasteiger partial charge in [0.05, 0.1) is 0 Å². The summed E-state index contributed by atoms with van der Waals surface area (Å²) in [6.45, 7) is 5.35. The van der Waals surface area contributed by atoms with Crippen molar-refractivity contribution in [2.24, 2.45) is 0 Å². The van der Waals surface area contributed by atoms with Crippen LogP contribution in [-0.4, -0.2) is 17.6 Å². The molecule has 3 heteroatoms. The van der Waals surface area contributed by atoms with Crippen molar-refractivity contribution in [1.29, 1.82) is 0 Å². The van der Waals surface area contributed by atoms with Crippen LogP contribution in [0.25, 0.3) is 0 Å². The van der Waals surface area contributed by atoms with E-state index in [0.29, 0.717) is 6.04 Å². The molecular formula is C18H25N3. The Labute approximate surface area is 127 Å². The van der Waals surface area contributed by atoms with E-state index in [1.54, 1.807) is 6.20 Å². The first-order valence-electron chi connectivity index (χ1n) is 7.66. The maximum absolute atomic E-state index is 6.05. The lowest BCUT2D eigenvalue weighted by molar-refractivity contribution is 0.504. The number of nitrogens with zero attached hydrogens (tertiary/aromatic N) is 1. The molecule has 3 nitrogen and oxygen atoms in total. The second-order valence-corrected chi connectivity index (χ2v) is 5.62. The SMILES string of the molecule is CCCNC(Cc1cccc(C)c1)Cc1cnccc1N. The number of pyridine rings is 1. The van der Waals surface area contributed by atoms with Gasteiger partial charge in [0.1, 0.15) is 0 Å². The number of anilines is 1. The van der Waals surface area contributed by atoms with E-state index in [0.717, 1.165) is 37.1 Å². The first-order valence-corrected chi connectivity index (χ1v) is 7.66. The normalized spacial score (nSPS) is 12.3. The minimum absolute atomic E-state index is 0.387. The van der Waals surface area contributed by atoms with Crippen molar-refractivity contribution in [3.63, 3.8) is 0 Å². The van der Waals surface area contributed by atoms with E-state index in [1.165, 1.54) is 11.1 Å². The van der Waals surface area contributed by atoms with E-state index >= 15 is 0 Å². The maximum atomic E-state index is 6.05. The molecule has 1 aromatic carbocycles. The van der Waals surface area contributed by atoms with Gasteiger partial charge in [0.25, 0.3) is 0 Å². The molecule has 0 aliphatic rings. The smallest absolute Gasteiger partial charge is 0.0378 e. The number of hydrogen-bond donors (Lipinski definition) is 2. The number of benzene rings is 1. The zero-order valence-electron chi connectivity index (χ0n) is 13.0. The van der Waals surface area contributed by atoms with Crippen LogP contribution >= 0.6 is 0 Å². The van der Waals surface area contributed by atoms with E-state index < -0.39 is 0 Å². The Hall–Kier alpha value is -1.87. The quantitative estimate of drug-likeness (QED) is 0.821. The highest BCUT2D eigenvalue weighted by Crippen LogP contribution is 2.15. The van der Waals surface area contributed by atoms with Crippen molar-refractivity contribution in [1.82, 2.24) is 10.3 Å². The van der Waals surface area contributed by atoms with E-state index in [9.17, 15) is 0 Å². The molecule has 1 atom stereocenters. The van der Waals surface area contributed by atoms with E-state index in [2.05, 4.69) is 48.4 Å². The molecule has 2 rings (SSSR count). The number of aryl methyl sites for hydroxylation is 1. The molecule has 0 saturated carbocycles. The van der Waals surface area contributed by atoms with Crippen LogP contribution in [0.5, 0.6) is 0 Å². The molecule has 0 spiro atoms. The van der Waals surface area contributed by atoms with Crippen LogP contribution in [0.15, 0.2) is 42.7 Å². The number of nitrogen functional groups attached to an aromatic ring is 1. The summed E-state index contributed by atoms with van der Waals surface area (Å²) in [4.78, 5) is 4.19. The first-order chi connectivity index (χ1) is 10.2. The van der Waals surface area contributed by atoms with Crippen LogP contribution in [-0.2, 0) is 12.8 Å². The number of nitrogens with one attached hydrogen (secondary N) is 1. The van der Waals surface area contributed by atoms with Gasteiger partial charge in [0.2, 0.25) is 0 Å². The number of hydrogen-bond acceptors (Lipinski definition) is 3. The highest BCUT2D eigenvalue weighted by atomic mass is 14.9. The molecule has 0 aliphatic carbocycles. The molecule has 1 heterocycles. The van der Waals surface area contributed by atoms with Gasteiger partial charge in [-0.15, -0.1) is 0 Å². The minimum Gasteiger partial charge on any atom is -0.398 e. The van der Waals surface area contributed by atoms with Gasteiger partial charge >= 0.3 is 0 Å². The molecule has 0 radical (unpaired) electrons. The zero-order chi connectivity index (χ0) is 15.1. The van der Waals surface area contributed by atoms with Gasteiger partial charge in [-0.1, -0.05) is 36.8 Å². The Bertz CT molecular complexity index is 566. The Morgan fingerprint density at radius 3 is 2.81 bits per heavy atom. The summed E-state index contributed by atoms with van der Waals surface area (Å²) in [5.41, 5.74) is 10.7. The molecule has 3 N–H and O–H groups in total. The van der Waals surface area contributed by atoms with Gasteiger partial charge in [-0.3, -0.25) is 4.98 Å². The second kappa shape index (κ2) is 7.79. The fraction of sp³-hybridized carbons (Fsp3) is 0.389. The Kier molecular flexibility index (Phi) is 5.76. The first kappa shape index (κ1) is 15.5. The van der Waals surface area contributed by atoms with Crippen molar-refractivity contribution in [2.45, 2.75) is 39.2 Å².